The lowest BCUT2D eigenvalue weighted by Crippen LogP contribution is -2.43. The molecule has 4 rings (SSSR count). The molecule has 27 heavy (non-hydrogen) atoms. The number of hydrogen-bond donors (Lipinski definition) is 0. The summed E-state index contributed by atoms with van der Waals surface area (Å²) in [5.74, 6) is 0.0773. The van der Waals surface area contributed by atoms with E-state index in [4.69, 9.17) is 0 Å². The van der Waals surface area contributed by atoms with Gasteiger partial charge in [-0.2, -0.15) is 9.40 Å². The Labute approximate surface area is 159 Å². The molecule has 8 heteroatoms. The standard InChI is InChI=1S/C19H24N4O3S/c1-15-4-6-18(7-5-15)27(25,26)22-13-16-8-9-20-23(16)17(14-22)12-19(24)21-10-2-3-11-21/h4-9,17H,2-3,10-14H2,1H3/t17-/m0/s1. The number of fused-ring (bicyclic) bond motifs is 1. The van der Waals surface area contributed by atoms with Gasteiger partial charge in [-0.05, 0) is 38.0 Å². The van der Waals surface area contributed by atoms with Crippen molar-refractivity contribution in [1.29, 1.82) is 0 Å². The lowest BCUT2D eigenvalue weighted by atomic mass is 10.1. The molecule has 0 bridgehead atoms. The average Bonchev–Trinajstić information content (AvgIpc) is 3.34. The number of rotatable bonds is 4. The van der Waals surface area contributed by atoms with E-state index in [2.05, 4.69) is 5.10 Å². The van der Waals surface area contributed by atoms with Crippen molar-refractivity contribution >= 4 is 15.9 Å². The van der Waals surface area contributed by atoms with Crippen molar-refractivity contribution in [3.05, 3.63) is 47.8 Å². The molecule has 0 aliphatic carbocycles. The quantitative estimate of drug-likeness (QED) is 0.802. The van der Waals surface area contributed by atoms with Crippen LogP contribution in [0.15, 0.2) is 41.4 Å². The zero-order valence-corrected chi connectivity index (χ0v) is 16.2. The molecule has 0 unspecified atom stereocenters. The van der Waals surface area contributed by atoms with Gasteiger partial charge in [0.05, 0.1) is 29.6 Å². The van der Waals surface area contributed by atoms with Crippen LogP contribution < -0.4 is 0 Å². The van der Waals surface area contributed by atoms with Crippen LogP contribution in [0.1, 0.15) is 36.6 Å². The van der Waals surface area contributed by atoms with Crippen molar-refractivity contribution in [1.82, 2.24) is 19.0 Å². The molecule has 144 valence electrons. The van der Waals surface area contributed by atoms with E-state index in [1.54, 1.807) is 30.5 Å². The molecule has 7 nitrogen and oxygen atoms in total. The summed E-state index contributed by atoms with van der Waals surface area (Å²) in [6.45, 7) is 4.04. The van der Waals surface area contributed by atoms with E-state index in [1.165, 1.54) is 4.31 Å². The second-order valence-electron chi connectivity index (χ2n) is 7.32. The van der Waals surface area contributed by atoms with Crippen molar-refractivity contribution in [2.75, 3.05) is 19.6 Å². The van der Waals surface area contributed by atoms with Gasteiger partial charge in [-0.3, -0.25) is 9.48 Å². The normalized spacial score (nSPS) is 20.6. The van der Waals surface area contributed by atoms with Crippen molar-refractivity contribution in [2.24, 2.45) is 0 Å². The van der Waals surface area contributed by atoms with E-state index in [9.17, 15) is 13.2 Å². The number of hydrogen-bond acceptors (Lipinski definition) is 4. The summed E-state index contributed by atoms with van der Waals surface area (Å²) >= 11 is 0. The van der Waals surface area contributed by atoms with Gasteiger partial charge in [0.1, 0.15) is 0 Å². The van der Waals surface area contributed by atoms with E-state index in [0.29, 0.717) is 0 Å². The van der Waals surface area contributed by atoms with Gasteiger partial charge in [-0.15, -0.1) is 0 Å². The van der Waals surface area contributed by atoms with E-state index in [1.807, 2.05) is 22.6 Å². The van der Waals surface area contributed by atoms with Crippen LogP contribution in [0.2, 0.25) is 0 Å². The van der Waals surface area contributed by atoms with Crippen LogP contribution in [0.25, 0.3) is 0 Å². The average molecular weight is 388 g/mol. The highest BCUT2D eigenvalue weighted by Gasteiger charge is 2.35. The van der Waals surface area contributed by atoms with Crippen LogP contribution in [0.5, 0.6) is 0 Å². The molecular formula is C19H24N4O3S. The number of carbonyl (C=O) groups excluding carboxylic acids is 1. The molecule has 0 N–H and O–H groups in total. The summed E-state index contributed by atoms with van der Waals surface area (Å²) in [7, 11) is -3.62. The Morgan fingerprint density at radius 1 is 1.15 bits per heavy atom. The van der Waals surface area contributed by atoms with Gasteiger partial charge >= 0.3 is 0 Å². The van der Waals surface area contributed by atoms with E-state index >= 15 is 0 Å². The number of aryl methyl sites for hydroxylation is 1. The molecule has 1 fully saturated rings. The zero-order chi connectivity index (χ0) is 19.0. The van der Waals surface area contributed by atoms with Crippen molar-refractivity contribution in [3.63, 3.8) is 0 Å². The van der Waals surface area contributed by atoms with Crippen LogP contribution >= 0.6 is 0 Å². The molecule has 1 saturated heterocycles. The smallest absolute Gasteiger partial charge is 0.243 e. The molecule has 1 atom stereocenters. The molecule has 2 aromatic rings. The molecular weight excluding hydrogens is 364 g/mol. The first-order valence-corrected chi connectivity index (χ1v) is 10.8. The Morgan fingerprint density at radius 2 is 1.85 bits per heavy atom. The molecule has 1 aromatic heterocycles. The lowest BCUT2D eigenvalue weighted by molar-refractivity contribution is -0.131. The number of benzene rings is 1. The highest BCUT2D eigenvalue weighted by Crippen LogP contribution is 2.29. The molecule has 1 aromatic carbocycles. The summed E-state index contributed by atoms with van der Waals surface area (Å²) < 4.78 is 29.5. The topological polar surface area (TPSA) is 75.5 Å². The lowest BCUT2D eigenvalue weighted by Gasteiger charge is -2.33. The maximum Gasteiger partial charge on any atom is 0.243 e. The maximum absolute atomic E-state index is 13.1. The van der Waals surface area contributed by atoms with Gasteiger partial charge in [0.25, 0.3) is 0 Å². The largest absolute Gasteiger partial charge is 0.343 e. The fourth-order valence-electron chi connectivity index (χ4n) is 3.84. The van der Waals surface area contributed by atoms with Crippen LogP contribution in [0.4, 0.5) is 0 Å². The van der Waals surface area contributed by atoms with Crippen molar-refractivity contribution in [2.45, 2.75) is 43.7 Å². The molecule has 0 saturated carbocycles. The van der Waals surface area contributed by atoms with Crippen molar-refractivity contribution < 1.29 is 13.2 Å². The second-order valence-corrected chi connectivity index (χ2v) is 9.26. The number of sulfonamides is 1. The van der Waals surface area contributed by atoms with Gasteiger partial charge in [0, 0.05) is 25.8 Å². The number of carbonyl (C=O) groups is 1. The highest BCUT2D eigenvalue weighted by atomic mass is 32.2. The molecule has 2 aliphatic heterocycles. The summed E-state index contributed by atoms with van der Waals surface area (Å²) in [5, 5.41) is 4.34. The molecule has 3 heterocycles. The van der Waals surface area contributed by atoms with Gasteiger partial charge in [0.15, 0.2) is 0 Å². The minimum absolute atomic E-state index is 0.0773. The number of aromatic nitrogens is 2. The fourth-order valence-corrected chi connectivity index (χ4v) is 5.29. The molecule has 0 radical (unpaired) electrons. The first kappa shape index (κ1) is 18.2. The first-order valence-electron chi connectivity index (χ1n) is 9.32. The van der Waals surface area contributed by atoms with Gasteiger partial charge in [-0.1, -0.05) is 17.7 Å². The number of nitrogens with zero attached hydrogens (tertiary/aromatic N) is 4. The zero-order valence-electron chi connectivity index (χ0n) is 15.4. The summed E-state index contributed by atoms with van der Waals surface area (Å²) in [6, 6.07) is 8.42. The maximum atomic E-state index is 13.1. The molecule has 0 spiro atoms. The number of likely N-dealkylation sites (tertiary alicyclic amines) is 1. The third-order valence-corrected chi connectivity index (χ3v) is 7.20. The third kappa shape index (κ3) is 3.51. The fraction of sp³-hybridized carbons (Fsp3) is 0.474. The highest BCUT2D eigenvalue weighted by molar-refractivity contribution is 7.89. The predicted octanol–water partition coefficient (Wildman–Crippen LogP) is 1.95. The second kappa shape index (κ2) is 7.09. The monoisotopic (exact) mass is 388 g/mol. The van der Waals surface area contributed by atoms with Crippen LogP contribution in [0.3, 0.4) is 0 Å². The van der Waals surface area contributed by atoms with E-state index in [0.717, 1.165) is 37.2 Å². The predicted molar refractivity (Wildman–Crippen MR) is 100 cm³/mol. The third-order valence-electron chi connectivity index (χ3n) is 5.38. The van der Waals surface area contributed by atoms with Crippen LogP contribution in [-0.2, 0) is 21.4 Å². The van der Waals surface area contributed by atoms with Gasteiger partial charge in [0.2, 0.25) is 15.9 Å². The summed E-state index contributed by atoms with van der Waals surface area (Å²) in [4.78, 5) is 14.8. The van der Waals surface area contributed by atoms with Crippen LogP contribution in [0, 0.1) is 6.92 Å². The van der Waals surface area contributed by atoms with Crippen molar-refractivity contribution in [3.8, 4) is 0 Å². The minimum Gasteiger partial charge on any atom is -0.343 e. The van der Waals surface area contributed by atoms with Gasteiger partial charge in [-0.25, -0.2) is 8.42 Å². The van der Waals surface area contributed by atoms with E-state index in [-0.39, 0.29) is 36.4 Å². The Bertz CT molecular complexity index is 930. The SMILES string of the molecule is Cc1ccc(S(=O)(=O)N2Cc3ccnn3[C@@H](CC(=O)N3CCCC3)C2)cc1. The van der Waals surface area contributed by atoms with E-state index < -0.39 is 10.0 Å². The van der Waals surface area contributed by atoms with Gasteiger partial charge < -0.3 is 4.90 Å². The molecule has 1 amide bonds. The Morgan fingerprint density at radius 3 is 2.56 bits per heavy atom. The van der Waals surface area contributed by atoms with Crippen LogP contribution in [-0.4, -0.2) is 52.9 Å². The summed E-state index contributed by atoms with van der Waals surface area (Å²) in [6.07, 6.45) is 4.02. The molecule has 2 aliphatic rings. The minimum atomic E-state index is -3.62. The Balaban J connectivity index is 1.59. The Kier molecular flexibility index (Phi) is 4.77. The Hall–Kier alpha value is -2.19. The number of amides is 1. The summed E-state index contributed by atoms with van der Waals surface area (Å²) in [5.41, 5.74) is 1.83. The first-order chi connectivity index (χ1) is 12.9.